The molecular formula is C12H14BrNO4S. The summed E-state index contributed by atoms with van der Waals surface area (Å²) in [6, 6.07) is 4.95. The summed E-state index contributed by atoms with van der Waals surface area (Å²) in [5.41, 5.74) is 0.467. The van der Waals surface area contributed by atoms with Gasteiger partial charge in [-0.15, -0.1) is 0 Å². The predicted octanol–water partition coefficient (Wildman–Crippen LogP) is 1.68. The van der Waals surface area contributed by atoms with Gasteiger partial charge in [-0.3, -0.25) is 4.79 Å². The molecule has 0 spiro atoms. The van der Waals surface area contributed by atoms with Crippen molar-refractivity contribution in [3.8, 4) is 5.75 Å². The van der Waals surface area contributed by atoms with E-state index in [1.54, 1.807) is 25.3 Å². The Hall–Kier alpha value is -0.920. The maximum absolute atomic E-state index is 12.1. The Bertz CT molecular complexity index is 600. The van der Waals surface area contributed by atoms with Crippen LogP contribution in [0.25, 0.3) is 0 Å². The number of Topliss-reactive ketones (excluding diaryl/α,β-unsaturated/α-hetero) is 1. The number of hydrogen-bond acceptors (Lipinski definition) is 4. The van der Waals surface area contributed by atoms with Crippen LogP contribution in [-0.2, 0) is 10.0 Å². The van der Waals surface area contributed by atoms with Crippen LogP contribution in [0.5, 0.6) is 5.75 Å². The highest BCUT2D eigenvalue weighted by Gasteiger charge is 2.30. The SMILES string of the molecule is COc1ccc(C(=O)CN2CCCS2(=O)=O)cc1Br. The quantitative estimate of drug-likeness (QED) is 0.777. The van der Waals surface area contributed by atoms with E-state index in [4.69, 9.17) is 4.74 Å². The van der Waals surface area contributed by atoms with E-state index in [0.29, 0.717) is 28.8 Å². The van der Waals surface area contributed by atoms with Gasteiger partial charge in [-0.2, -0.15) is 4.31 Å². The number of carbonyl (C=O) groups is 1. The summed E-state index contributed by atoms with van der Waals surface area (Å²) in [4.78, 5) is 12.1. The van der Waals surface area contributed by atoms with Gasteiger partial charge in [0, 0.05) is 12.1 Å². The van der Waals surface area contributed by atoms with Crippen molar-refractivity contribution in [1.82, 2.24) is 4.31 Å². The molecule has 0 aliphatic carbocycles. The van der Waals surface area contributed by atoms with Crippen molar-refractivity contribution in [2.45, 2.75) is 6.42 Å². The van der Waals surface area contributed by atoms with Crippen LogP contribution in [0.15, 0.2) is 22.7 Å². The number of halogens is 1. The number of sulfonamides is 1. The molecule has 1 aromatic carbocycles. The molecule has 0 aromatic heterocycles. The lowest BCUT2D eigenvalue weighted by molar-refractivity contribution is 0.0969. The topological polar surface area (TPSA) is 63.7 Å². The number of ether oxygens (including phenoxy) is 1. The molecule has 2 rings (SSSR count). The van der Waals surface area contributed by atoms with Crippen molar-refractivity contribution in [2.24, 2.45) is 0 Å². The van der Waals surface area contributed by atoms with E-state index in [1.807, 2.05) is 0 Å². The summed E-state index contributed by atoms with van der Waals surface area (Å²) >= 11 is 3.30. The molecule has 0 bridgehead atoms. The molecule has 104 valence electrons. The van der Waals surface area contributed by atoms with Crippen LogP contribution >= 0.6 is 15.9 Å². The van der Waals surface area contributed by atoms with Crippen molar-refractivity contribution in [3.05, 3.63) is 28.2 Å². The monoisotopic (exact) mass is 347 g/mol. The minimum atomic E-state index is -3.24. The third kappa shape index (κ3) is 3.16. The molecule has 1 aliphatic rings. The second-order valence-corrected chi connectivity index (χ2v) is 7.22. The average molecular weight is 348 g/mol. The Morgan fingerprint density at radius 1 is 1.47 bits per heavy atom. The molecule has 0 N–H and O–H groups in total. The Morgan fingerprint density at radius 3 is 2.74 bits per heavy atom. The second kappa shape index (κ2) is 5.60. The van der Waals surface area contributed by atoms with E-state index in [2.05, 4.69) is 15.9 Å². The third-order valence-corrected chi connectivity index (χ3v) is 5.52. The summed E-state index contributed by atoms with van der Waals surface area (Å²) in [6.07, 6.45) is 0.585. The van der Waals surface area contributed by atoms with Crippen molar-refractivity contribution < 1.29 is 17.9 Å². The number of methoxy groups -OCH3 is 1. The van der Waals surface area contributed by atoms with Crippen molar-refractivity contribution in [1.29, 1.82) is 0 Å². The van der Waals surface area contributed by atoms with Crippen LogP contribution in [0.4, 0.5) is 0 Å². The zero-order valence-electron chi connectivity index (χ0n) is 10.4. The second-order valence-electron chi connectivity index (χ2n) is 4.28. The molecule has 5 nitrogen and oxygen atoms in total. The fourth-order valence-electron chi connectivity index (χ4n) is 1.96. The molecule has 1 saturated heterocycles. The first-order valence-corrected chi connectivity index (χ1v) is 8.19. The van der Waals surface area contributed by atoms with Gasteiger partial charge < -0.3 is 4.74 Å². The van der Waals surface area contributed by atoms with E-state index < -0.39 is 10.0 Å². The van der Waals surface area contributed by atoms with E-state index in [-0.39, 0.29) is 18.1 Å². The lowest BCUT2D eigenvalue weighted by Crippen LogP contribution is -2.31. The first-order valence-electron chi connectivity index (χ1n) is 5.78. The smallest absolute Gasteiger partial charge is 0.214 e. The zero-order valence-corrected chi connectivity index (χ0v) is 12.8. The zero-order chi connectivity index (χ0) is 14.0. The number of carbonyl (C=O) groups excluding carboxylic acids is 1. The highest BCUT2D eigenvalue weighted by atomic mass is 79.9. The minimum Gasteiger partial charge on any atom is -0.496 e. The third-order valence-electron chi connectivity index (χ3n) is 3.00. The van der Waals surface area contributed by atoms with Crippen LogP contribution < -0.4 is 4.74 Å². The first-order chi connectivity index (χ1) is 8.94. The molecule has 1 aromatic rings. The molecule has 0 amide bonds. The Morgan fingerprint density at radius 2 is 2.21 bits per heavy atom. The van der Waals surface area contributed by atoms with Gasteiger partial charge in [0.1, 0.15) is 5.75 Å². The molecule has 0 radical (unpaired) electrons. The fraction of sp³-hybridized carbons (Fsp3) is 0.417. The summed E-state index contributed by atoms with van der Waals surface area (Å²) in [6.45, 7) is 0.326. The van der Waals surface area contributed by atoms with E-state index in [9.17, 15) is 13.2 Å². The average Bonchev–Trinajstić information content (AvgIpc) is 2.68. The summed E-state index contributed by atoms with van der Waals surface area (Å²) < 4.78 is 30.3. The predicted molar refractivity (Wildman–Crippen MR) is 75.0 cm³/mol. The van der Waals surface area contributed by atoms with Crippen molar-refractivity contribution >= 4 is 31.7 Å². The minimum absolute atomic E-state index is 0.0961. The van der Waals surface area contributed by atoms with Crippen LogP contribution in [0.1, 0.15) is 16.8 Å². The normalized spacial score (nSPS) is 18.4. The lowest BCUT2D eigenvalue weighted by atomic mass is 10.1. The molecule has 1 heterocycles. The van der Waals surface area contributed by atoms with Gasteiger partial charge in [-0.05, 0) is 40.5 Å². The van der Waals surface area contributed by atoms with Crippen molar-refractivity contribution in [3.63, 3.8) is 0 Å². The number of nitrogens with zero attached hydrogens (tertiary/aromatic N) is 1. The lowest BCUT2D eigenvalue weighted by Gasteiger charge is -2.13. The molecule has 0 atom stereocenters. The standard InChI is InChI=1S/C12H14BrNO4S/c1-18-12-4-3-9(7-10(12)13)11(15)8-14-5-2-6-19(14,16)17/h3-4,7H,2,5-6,8H2,1H3. The van der Waals surface area contributed by atoms with E-state index in [1.165, 1.54) is 4.31 Å². The van der Waals surface area contributed by atoms with Gasteiger partial charge in [-0.1, -0.05) is 0 Å². The molecule has 1 fully saturated rings. The fourth-order valence-corrected chi connectivity index (χ4v) is 3.97. The van der Waals surface area contributed by atoms with Gasteiger partial charge in [0.2, 0.25) is 10.0 Å². The molecule has 7 heteroatoms. The Balaban J connectivity index is 2.14. The molecule has 1 aliphatic heterocycles. The number of hydrogen-bond donors (Lipinski definition) is 0. The van der Waals surface area contributed by atoms with Crippen LogP contribution in [-0.4, -0.2) is 44.5 Å². The summed E-state index contributed by atoms with van der Waals surface area (Å²) in [5.74, 6) is 0.547. The summed E-state index contributed by atoms with van der Waals surface area (Å²) in [5, 5.41) is 0. The first kappa shape index (κ1) is 14.5. The van der Waals surface area contributed by atoms with E-state index >= 15 is 0 Å². The van der Waals surface area contributed by atoms with Gasteiger partial charge in [0.15, 0.2) is 5.78 Å². The number of ketones is 1. The van der Waals surface area contributed by atoms with Gasteiger partial charge in [0.05, 0.1) is 23.9 Å². The van der Waals surface area contributed by atoms with Gasteiger partial charge in [0.25, 0.3) is 0 Å². The highest BCUT2D eigenvalue weighted by Crippen LogP contribution is 2.26. The molecular weight excluding hydrogens is 334 g/mol. The van der Waals surface area contributed by atoms with Crippen LogP contribution in [0.2, 0.25) is 0 Å². The Labute approximate surface area is 120 Å². The largest absolute Gasteiger partial charge is 0.496 e. The maximum Gasteiger partial charge on any atom is 0.214 e. The number of rotatable bonds is 4. The maximum atomic E-state index is 12.1. The van der Waals surface area contributed by atoms with Crippen molar-refractivity contribution in [2.75, 3.05) is 26.0 Å². The number of benzene rings is 1. The summed E-state index contributed by atoms with van der Waals surface area (Å²) in [7, 11) is -1.70. The molecule has 0 unspecified atom stereocenters. The van der Waals surface area contributed by atoms with Gasteiger partial charge >= 0.3 is 0 Å². The highest BCUT2D eigenvalue weighted by molar-refractivity contribution is 9.10. The van der Waals surface area contributed by atoms with E-state index in [0.717, 1.165) is 0 Å². The Kier molecular flexibility index (Phi) is 4.27. The van der Waals surface area contributed by atoms with Crippen LogP contribution in [0.3, 0.4) is 0 Å². The van der Waals surface area contributed by atoms with Gasteiger partial charge in [-0.25, -0.2) is 8.42 Å². The molecule has 19 heavy (non-hydrogen) atoms. The van der Waals surface area contributed by atoms with Crippen LogP contribution in [0, 0.1) is 0 Å². The molecule has 0 saturated carbocycles.